The Morgan fingerprint density at radius 2 is 1.97 bits per heavy atom. The number of phenolic OH excluding ortho intramolecular Hbond substituents is 1. The van der Waals surface area contributed by atoms with Gasteiger partial charge in [0, 0.05) is 0 Å². The summed E-state index contributed by atoms with van der Waals surface area (Å²) in [7, 11) is 1.48. The molecule has 1 saturated heterocycles. The van der Waals surface area contributed by atoms with E-state index in [0.29, 0.717) is 27.1 Å². The van der Waals surface area contributed by atoms with Crippen molar-refractivity contribution in [2.75, 3.05) is 7.11 Å². The van der Waals surface area contributed by atoms with Crippen molar-refractivity contribution in [3.05, 3.63) is 100 Å². The van der Waals surface area contributed by atoms with E-state index < -0.39 is 0 Å². The number of ether oxygens (including phenoxy) is 1. The van der Waals surface area contributed by atoms with Crippen molar-refractivity contribution in [1.29, 1.82) is 0 Å². The van der Waals surface area contributed by atoms with E-state index in [4.69, 9.17) is 9.15 Å². The van der Waals surface area contributed by atoms with Crippen molar-refractivity contribution in [3.8, 4) is 11.5 Å². The van der Waals surface area contributed by atoms with Gasteiger partial charge in [-0.15, -0.1) is 5.10 Å². The van der Waals surface area contributed by atoms with E-state index in [-0.39, 0.29) is 18.2 Å². The van der Waals surface area contributed by atoms with Crippen LogP contribution in [0.3, 0.4) is 0 Å². The molecule has 0 saturated carbocycles. The van der Waals surface area contributed by atoms with Crippen LogP contribution < -0.4 is 4.74 Å². The van der Waals surface area contributed by atoms with Gasteiger partial charge in [0.1, 0.15) is 5.76 Å². The maximum atomic E-state index is 13.2. The lowest BCUT2D eigenvalue weighted by molar-refractivity contribution is -0.122. The van der Waals surface area contributed by atoms with Crippen molar-refractivity contribution in [2.24, 2.45) is 10.2 Å². The van der Waals surface area contributed by atoms with Crippen LogP contribution in [0.2, 0.25) is 0 Å². The third-order valence-corrected chi connectivity index (χ3v) is 5.89. The fraction of sp³-hybridized carbons (Fsp3) is 0.115. The Balaban J connectivity index is 1.60. The summed E-state index contributed by atoms with van der Waals surface area (Å²) in [5.74, 6) is 0.864. The molecule has 1 aliphatic rings. The summed E-state index contributed by atoms with van der Waals surface area (Å²) in [6.07, 6.45) is 6.97. The summed E-state index contributed by atoms with van der Waals surface area (Å²) in [4.78, 5) is 15.3. The van der Waals surface area contributed by atoms with Crippen LogP contribution in [0, 0.1) is 0 Å². The van der Waals surface area contributed by atoms with Gasteiger partial charge in [-0.2, -0.15) is 5.10 Å². The maximum absolute atomic E-state index is 13.2. The summed E-state index contributed by atoms with van der Waals surface area (Å²) >= 11 is 1.26. The van der Waals surface area contributed by atoms with E-state index in [0.717, 1.165) is 11.1 Å². The number of carbonyl (C=O) groups is 1. The average molecular weight is 474 g/mol. The zero-order valence-corrected chi connectivity index (χ0v) is 19.5. The molecule has 1 N–H and O–H groups in total. The fourth-order valence-corrected chi connectivity index (χ4v) is 4.25. The van der Waals surface area contributed by atoms with Gasteiger partial charge in [0.15, 0.2) is 16.7 Å². The van der Waals surface area contributed by atoms with Gasteiger partial charge in [-0.1, -0.05) is 36.4 Å². The largest absolute Gasteiger partial charge is 0.504 e. The zero-order chi connectivity index (χ0) is 23.9. The smallest absolute Gasteiger partial charge is 0.267 e. The van der Waals surface area contributed by atoms with Gasteiger partial charge in [-0.25, -0.2) is 0 Å². The molecule has 34 heavy (non-hydrogen) atoms. The summed E-state index contributed by atoms with van der Waals surface area (Å²) in [5.41, 5.74) is 2.70. The molecule has 172 valence electrons. The molecular weight excluding hydrogens is 450 g/mol. The molecule has 0 atom stereocenters. The molecule has 8 heteroatoms. The first-order chi connectivity index (χ1) is 16.5. The Morgan fingerprint density at radius 1 is 1.15 bits per heavy atom. The maximum Gasteiger partial charge on any atom is 0.267 e. The van der Waals surface area contributed by atoms with Gasteiger partial charge in [0.25, 0.3) is 5.91 Å². The number of nitrogens with zero attached hydrogens (tertiary/aromatic N) is 3. The monoisotopic (exact) mass is 473 g/mol. The second kappa shape index (κ2) is 10.7. The predicted molar refractivity (Wildman–Crippen MR) is 135 cm³/mol. The fourth-order valence-electron chi connectivity index (χ4n) is 3.26. The normalized spacial score (nSPS) is 16.8. The highest BCUT2D eigenvalue weighted by Gasteiger charge is 2.34. The molecular formula is C26H23N3O4S. The van der Waals surface area contributed by atoms with Gasteiger partial charge >= 0.3 is 0 Å². The number of aromatic hydroxyl groups is 1. The summed E-state index contributed by atoms with van der Waals surface area (Å²) < 4.78 is 10.6. The molecule has 3 aromatic rings. The minimum Gasteiger partial charge on any atom is -0.504 e. The van der Waals surface area contributed by atoms with Crippen LogP contribution in [-0.2, 0) is 11.3 Å². The molecule has 4 rings (SSSR count). The molecule has 7 nitrogen and oxygen atoms in total. The molecule has 2 heterocycles. The molecule has 1 aromatic heterocycles. The number of furan rings is 1. The number of hydrogen-bond acceptors (Lipinski definition) is 7. The van der Waals surface area contributed by atoms with Gasteiger partial charge < -0.3 is 14.3 Å². The Bertz CT molecular complexity index is 1280. The van der Waals surface area contributed by atoms with Gasteiger partial charge in [-0.05, 0) is 71.8 Å². The molecule has 2 aromatic carbocycles. The van der Waals surface area contributed by atoms with Crippen molar-refractivity contribution in [1.82, 2.24) is 4.90 Å². The number of allylic oxidation sites excluding steroid dienone is 2. The highest BCUT2D eigenvalue weighted by Crippen LogP contribution is 2.33. The number of phenols is 1. The van der Waals surface area contributed by atoms with Crippen molar-refractivity contribution in [3.63, 3.8) is 0 Å². The average Bonchev–Trinajstić information content (AvgIpc) is 3.45. The second-order valence-corrected chi connectivity index (χ2v) is 8.45. The summed E-state index contributed by atoms with van der Waals surface area (Å²) in [6, 6.07) is 18.4. The zero-order valence-electron chi connectivity index (χ0n) is 18.7. The van der Waals surface area contributed by atoms with Gasteiger partial charge in [-0.3, -0.25) is 9.69 Å². The number of hydrogen-bond donors (Lipinski definition) is 1. The van der Waals surface area contributed by atoms with Crippen LogP contribution in [0.4, 0.5) is 0 Å². The second-order valence-electron chi connectivity index (χ2n) is 7.44. The number of methoxy groups -OCH3 is 1. The molecule has 0 spiro atoms. The number of thioether (sulfide) groups is 1. The number of carbonyl (C=O) groups excluding carboxylic acids is 1. The number of rotatable bonds is 7. The number of benzene rings is 2. The van der Waals surface area contributed by atoms with Gasteiger partial charge in [0.2, 0.25) is 0 Å². The van der Waals surface area contributed by atoms with Crippen LogP contribution in [0.5, 0.6) is 11.5 Å². The first-order valence-corrected chi connectivity index (χ1v) is 11.3. The first kappa shape index (κ1) is 23.1. The van der Waals surface area contributed by atoms with Crippen molar-refractivity contribution < 1.29 is 19.1 Å². The molecule has 1 fully saturated rings. The Hall–Kier alpha value is -4.04. The predicted octanol–water partition coefficient (Wildman–Crippen LogP) is 5.45. The number of amidine groups is 1. The van der Waals surface area contributed by atoms with E-state index in [2.05, 4.69) is 10.2 Å². The third-order valence-electron chi connectivity index (χ3n) is 4.89. The lowest BCUT2D eigenvalue weighted by Gasteiger charge is -2.12. The third kappa shape index (κ3) is 5.65. The van der Waals surface area contributed by atoms with Crippen LogP contribution in [-0.4, -0.2) is 34.4 Å². The Kier molecular flexibility index (Phi) is 7.29. The minimum atomic E-state index is -0.164. The molecule has 0 unspecified atom stereocenters. The Morgan fingerprint density at radius 3 is 2.71 bits per heavy atom. The summed E-state index contributed by atoms with van der Waals surface area (Å²) in [5, 5.41) is 18.7. The number of amides is 1. The molecule has 1 amide bonds. The summed E-state index contributed by atoms with van der Waals surface area (Å²) in [6.45, 7) is 2.20. The minimum absolute atomic E-state index is 0.0428. The van der Waals surface area contributed by atoms with E-state index in [1.54, 1.807) is 29.4 Å². The van der Waals surface area contributed by atoms with Crippen LogP contribution in [0.1, 0.15) is 23.8 Å². The standard InChI is InChI=1S/C26H23N3O4S/c1-18(13-19-7-4-3-5-8-19)14-24-25(31)29(17-21-9-6-12-33-21)26(34-24)28-27-16-20-10-11-22(30)23(15-20)32-2/h3-16,30H,17H2,1-2H3/b18-13+,24-14-,27-16+,28-26-. The quantitative estimate of drug-likeness (QED) is 0.280. The van der Waals surface area contributed by atoms with E-state index in [1.807, 2.05) is 55.5 Å². The lowest BCUT2D eigenvalue weighted by atomic mass is 10.1. The highest BCUT2D eigenvalue weighted by molar-refractivity contribution is 8.18. The SMILES string of the molecule is COc1cc(/C=N/N=C2\S/C(=C\C(C)=C\c3ccccc3)C(=O)N2Cc2ccco2)ccc1O. The van der Waals surface area contributed by atoms with E-state index in [1.165, 1.54) is 31.2 Å². The van der Waals surface area contributed by atoms with Crippen LogP contribution in [0.15, 0.2) is 98.1 Å². The topological polar surface area (TPSA) is 87.6 Å². The highest BCUT2D eigenvalue weighted by atomic mass is 32.2. The first-order valence-electron chi connectivity index (χ1n) is 10.5. The van der Waals surface area contributed by atoms with E-state index >= 15 is 0 Å². The molecule has 0 aliphatic carbocycles. The lowest BCUT2D eigenvalue weighted by Crippen LogP contribution is -2.28. The van der Waals surface area contributed by atoms with Crippen LogP contribution >= 0.6 is 11.8 Å². The van der Waals surface area contributed by atoms with Crippen molar-refractivity contribution >= 4 is 35.1 Å². The molecule has 0 radical (unpaired) electrons. The van der Waals surface area contributed by atoms with Gasteiger partial charge in [0.05, 0.1) is 31.0 Å². The molecule has 1 aliphatic heterocycles. The Labute approximate surface area is 201 Å². The van der Waals surface area contributed by atoms with Crippen molar-refractivity contribution in [2.45, 2.75) is 13.5 Å². The van der Waals surface area contributed by atoms with Crippen LogP contribution in [0.25, 0.3) is 6.08 Å². The molecule has 0 bridgehead atoms. The van der Waals surface area contributed by atoms with E-state index in [9.17, 15) is 9.90 Å².